The van der Waals surface area contributed by atoms with Crippen LogP contribution in [0.1, 0.15) is 57.1 Å². The van der Waals surface area contributed by atoms with E-state index in [0.717, 1.165) is 23.4 Å². The smallest absolute Gasteiger partial charge is 0.266 e. The third kappa shape index (κ3) is 5.25. The van der Waals surface area contributed by atoms with Crippen LogP contribution in [-0.2, 0) is 14.4 Å². The molecule has 0 N–H and O–H groups in total. The van der Waals surface area contributed by atoms with Crippen molar-refractivity contribution in [3.05, 3.63) is 90.5 Å². The maximum Gasteiger partial charge on any atom is 0.266 e. The third-order valence-corrected chi connectivity index (χ3v) is 7.13. The third-order valence-electron chi connectivity index (χ3n) is 7.13. The molecule has 5 rings (SSSR count). The number of carbonyl (C=O) groups excluding carboxylic acids is 2. The number of ether oxygens (including phenoxy) is 1. The van der Waals surface area contributed by atoms with Gasteiger partial charge in [0.15, 0.2) is 6.10 Å². The van der Waals surface area contributed by atoms with Gasteiger partial charge in [-0.3, -0.25) is 14.4 Å². The van der Waals surface area contributed by atoms with Gasteiger partial charge >= 0.3 is 0 Å². The number of rotatable bonds is 11. The predicted octanol–water partition coefficient (Wildman–Crippen LogP) is 6.48. The summed E-state index contributed by atoms with van der Waals surface area (Å²) in [6.07, 6.45) is 6.44. The van der Waals surface area contributed by atoms with Crippen LogP contribution in [0, 0.1) is 5.92 Å². The van der Waals surface area contributed by atoms with Gasteiger partial charge < -0.3 is 4.74 Å². The topological polar surface area (TPSA) is 59.1 Å². The Morgan fingerprint density at radius 3 is 2.03 bits per heavy atom. The van der Waals surface area contributed by atoms with Crippen LogP contribution in [0.5, 0.6) is 5.75 Å². The number of hydrogen-bond donors (Lipinski definition) is 0. The van der Waals surface area contributed by atoms with Crippen molar-refractivity contribution in [1.82, 2.24) is 0 Å². The van der Waals surface area contributed by atoms with E-state index in [9.17, 15) is 9.59 Å². The molecular formula is C31H34N2O4. The minimum Gasteiger partial charge on any atom is -0.494 e. The molecular weight excluding hydrogens is 464 g/mol. The van der Waals surface area contributed by atoms with Gasteiger partial charge in [-0.15, -0.1) is 0 Å². The van der Waals surface area contributed by atoms with E-state index in [1.807, 2.05) is 72.8 Å². The van der Waals surface area contributed by atoms with Gasteiger partial charge in [0.2, 0.25) is 5.91 Å². The van der Waals surface area contributed by atoms with Crippen LogP contribution < -0.4 is 14.7 Å². The van der Waals surface area contributed by atoms with E-state index in [2.05, 4.69) is 6.92 Å². The number of anilines is 2. The molecule has 2 aliphatic heterocycles. The van der Waals surface area contributed by atoms with E-state index < -0.39 is 18.1 Å². The zero-order valence-corrected chi connectivity index (χ0v) is 21.3. The minimum absolute atomic E-state index is 0.243. The number of nitrogens with zero attached hydrogens (tertiary/aromatic N) is 2. The van der Waals surface area contributed by atoms with Crippen molar-refractivity contribution in [1.29, 1.82) is 0 Å². The van der Waals surface area contributed by atoms with Crippen LogP contribution in [0.3, 0.4) is 0 Å². The first-order valence-corrected chi connectivity index (χ1v) is 13.4. The Balaban J connectivity index is 1.34. The molecule has 2 aliphatic rings. The molecule has 6 heteroatoms. The molecule has 6 nitrogen and oxygen atoms in total. The number of hydroxylamine groups is 1. The molecule has 2 heterocycles. The van der Waals surface area contributed by atoms with Gasteiger partial charge in [0.1, 0.15) is 11.7 Å². The SMILES string of the molecule is CCCCCCCCOc1ccc([C@H]2[C@H]3C(=O)N(c4ccccc4)C(=O)[C@@H]3ON2c2ccccc2)cc1. The monoisotopic (exact) mass is 498 g/mol. The fourth-order valence-electron chi connectivity index (χ4n) is 5.22. The Labute approximate surface area is 218 Å². The molecule has 0 aromatic heterocycles. The van der Waals surface area contributed by atoms with Crippen LogP contribution in [0.15, 0.2) is 84.9 Å². The predicted molar refractivity (Wildman–Crippen MR) is 144 cm³/mol. The molecule has 3 aromatic carbocycles. The standard InChI is InChI=1S/C31H34N2O4/c1-2-3-4-5-6-13-22-36-26-20-18-23(19-21-26)28-27-29(37-33(28)25-16-11-8-12-17-25)31(35)32(30(27)34)24-14-9-7-10-15-24/h7-12,14-21,27-29H,2-6,13,22H2,1H3/t27-,28+,29-/m1/s1. The highest BCUT2D eigenvalue weighted by atomic mass is 16.7. The maximum atomic E-state index is 13.7. The molecule has 0 spiro atoms. The highest BCUT2D eigenvalue weighted by Crippen LogP contribution is 2.47. The summed E-state index contributed by atoms with van der Waals surface area (Å²) >= 11 is 0. The number of imide groups is 1. The first kappa shape index (κ1) is 25.0. The number of carbonyl (C=O) groups is 2. The summed E-state index contributed by atoms with van der Waals surface area (Å²) in [7, 11) is 0. The Hall–Kier alpha value is -3.64. The van der Waals surface area contributed by atoms with Crippen molar-refractivity contribution in [3.63, 3.8) is 0 Å². The van der Waals surface area contributed by atoms with Gasteiger partial charge in [0.25, 0.3) is 5.91 Å². The molecule has 0 saturated carbocycles. The highest BCUT2D eigenvalue weighted by molar-refractivity contribution is 6.23. The molecule has 2 fully saturated rings. The summed E-state index contributed by atoms with van der Waals surface area (Å²) in [6.45, 7) is 2.92. The number of para-hydroxylation sites is 2. The Bertz CT molecular complexity index is 1180. The lowest BCUT2D eigenvalue weighted by molar-refractivity contribution is -0.126. The fraction of sp³-hybridized carbons (Fsp3) is 0.355. The lowest BCUT2D eigenvalue weighted by Gasteiger charge is -2.28. The Morgan fingerprint density at radius 2 is 1.35 bits per heavy atom. The molecule has 2 amide bonds. The largest absolute Gasteiger partial charge is 0.494 e. The molecule has 3 atom stereocenters. The molecule has 3 aromatic rings. The van der Waals surface area contributed by atoms with E-state index >= 15 is 0 Å². The minimum atomic E-state index is -0.874. The molecule has 0 aliphatic carbocycles. The first-order chi connectivity index (χ1) is 18.2. The van der Waals surface area contributed by atoms with Crippen molar-refractivity contribution < 1.29 is 19.2 Å². The highest BCUT2D eigenvalue weighted by Gasteiger charge is 2.60. The lowest BCUT2D eigenvalue weighted by atomic mass is 9.90. The van der Waals surface area contributed by atoms with Crippen LogP contribution >= 0.6 is 0 Å². The second-order valence-corrected chi connectivity index (χ2v) is 9.69. The number of fused-ring (bicyclic) bond motifs is 1. The van der Waals surface area contributed by atoms with Crippen LogP contribution in [0.4, 0.5) is 11.4 Å². The van der Waals surface area contributed by atoms with Crippen molar-refractivity contribution in [2.24, 2.45) is 5.92 Å². The summed E-state index contributed by atoms with van der Waals surface area (Å²) < 4.78 is 5.97. The molecule has 0 radical (unpaired) electrons. The molecule has 0 bridgehead atoms. The van der Waals surface area contributed by atoms with Gasteiger partial charge in [-0.25, -0.2) is 9.96 Å². The summed E-state index contributed by atoms with van der Waals surface area (Å²) in [5.41, 5.74) is 2.27. The van der Waals surface area contributed by atoms with E-state index in [0.29, 0.717) is 12.3 Å². The molecule has 2 saturated heterocycles. The Kier molecular flexibility index (Phi) is 7.85. The van der Waals surface area contributed by atoms with Gasteiger partial charge in [-0.1, -0.05) is 87.6 Å². The van der Waals surface area contributed by atoms with Crippen molar-refractivity contribution in [3.8, 4) is 5.75 Å². The zero-order chi connectivity index (χ0) is 25.6. The van der Waals surface area contributed by atoms with Crippen LogP contribution in [0.2, 0.25) is 0 Å². The number of benzene rings is 3. The van der Waals surface area contributed by atoms with Crippen LogP contribution in [-0.4, -0.2) is 24.5 Å². The summed E-state index contributed by atoms with van der Waals surface area (Å²) in [5, 5.41) is 1.72. The zero-order valence-electron chi connectivity index (χ0n) is 21.3. The van der Waals surface area contributed by atoms with E-state index in [4.69, 9.17) is 9.57 Å². The summed E-state index contributed by atoms with van der Waals surface area (Å²) in [5.74, 6) is -0.418. The van der Waals surface area contributed by atoms with Gasteiger partial charge in [0, 0.05) is 0 Å². The molecule has 37 heavy (non-hydrogen) atoms. The van der Waals surface area contributed by atoms with Crippen molar-refractivity contribution in [2.75, 3.05) is 16.6 Å². The molecule has 0 unspecified atom stereocenters. The van der Waals surface area contributed by atoms with Crippen molar-refractivity contribution >= 4 is 23.2 Å². The first-order valence-electron chi connectivity index (χ1n) is 13.4. The van der Waals surface area contributed by atoms with E-state index in [-0.39, 0.29) is 11.8 Å². The van der Waals surface area contributed by atoms with E-state index in [1.54, 1.807) is 17.2 Å². The number of hydrogen-bond acceptors (Lipinski definition) is 5. The summed E-state index contributed by atoms with van der Waals surface area (Å²) in [4.78, 5) is 34.5. The number of amides is 2. The normalized spacial score (nSPS) is 20.9. The second-order valence-electron chi connectivity index (χ2n) is 9.69. The van der Waals surface area contributed by atoms with Gasteiger partial charge in [0.05, 0.1) is 24.0 Å². The number of unbranched alkanes of at least 4 members (excludes halogenated alkanes) is 5. The molecule has 192 valence electrons. The fourth-order valence-corrected chi connectivity index (χ4v) is 5.22. The average molecular weight is 499 g/mol. The van der Waals surface area contributed by atoms with Gasteiger partial charge in [-0.2, -0.15) is 0 Å². The van der Waals surface area contributed by atoms with Crippen LogP contribution in [0.25, 0.3) is 0 Å². The van der Waals surface area contributed by atoms with Crippen molar-refractivity contribution in [2.45, 2.75) is 57.6 Å². The average Bonchev–Trinajstić information content (AvgIpc) is 3.45. The van der Waals surface area contributed by atoms with Gasteiger partial charge in [-0.05, 0) is 48.4 Å². The quantitative estimate of drug-likeness (QED) is 0.224. The maximum absolute atomic E-state index is 13.7. The lowest BCUT2D eigenvalue weighted by Crippen LogP contribution is -2.37. The Morgan fingerprint density at radius 1 is 0.730 bits per heavy atom. The summed E-state index contributed by atoms with van der Waals surface area (Å²) in [6, 6.07) is 26.1. The second kappa shape index (κ2) is 11.6. The van der Waals surface area contributed by atoms with E-state index in [1.165, 1.54) is 37.0 Å².